The largest absolute Gasteiger partial charge is 0.316 e. The maximum atomic E-state index is 4.44. The molecule has 0 bridgehead atoms. The molecule has 2 rings (SSSR count). The fourth-order valence-electron chi connectivity index (χ4n) is 2.96. The smallest absolute Gasteiger partial charge is 0.0419 e. The molecule has 1 atom stereocenters. The predicted molar refractivity (Wildman–Crippen MR) is 72.0 cm³/mol. The van der Waals surface area contributed by atoms with Crippen LogP contribution in [0.3, 0.4) is 0 Å². The van der Waals surface area contributed by atoms with Gasteiger partial charge in [0.15, 0.2) is 0 Å². The maximum absolute atomic E-state index is 4.44. The van der Waals surface area contributed by atoms with Gasteiger partial charge in [-0.2, -0.15) is 0 Å². The third-order valence-electron chi connectivity index (χ3n) is 3.99. The minimum atomic E-state index is 0.600. The molecular weight excluding hydrogens is 208 g/mol. The van der Waals surface area contributed by atoms with E-state index in [1.807, 2.05) is 12.3 Å². The molecule has 2 heteroatoms. The Kier molecular flexibility index (Phi) is 4.99. The summed E-state index contributed by atoms with van der Waals surface area (Å²) in [6.07, 6.45) is 11.4. The summed E-state index contributed by atoms with van der Waals surface area (Å²) in [6, 6.07) is 6.81. The van der Waals surface area contributed by atoms with Crippen LogP contribution in [-0.2, 0) is 6.42 Å². The molecule has 1 aliphatic carbocycles. The standard InChI is InChI=1S/C15H24N2/c1-16-15(12-14-10-6-7-11-17-14)13-8-4-2-3-5-9-13/h6-7,10-11,13,15-16H,2-5,8-9,12H2,1H3. The zero-order chi connectivity index (χ0) is 11.9. The Balaban J connectivity index is 1.95. The van der Waals surface area contributed by atoms with E-state index in [1.54, 1.807) is 0 Å². The van der Waals surface area contributed by atoms with Crippen LogP contribution in [0.2, 0.25) is 0 Å². The van der Waals surface area contributed by atoms with E-state index in [9.17, 15) is 0 Å². The number of nitrogens with zero attached hydrogens (tertiary/aromatic N) is 1. The average Bonchev–Trinajstić information content (AvgIpc) is 2.66. The van der Waals surface area contributed by atoms with Crippen molar-refractivity contribution in [3.05, 3.63) is 30.1 Å². The van der Waals surface area contributed by atoms with Crippen LogP contribution in [0.1, 0.15) is 44.2 Å². The quantitative estimate of drug-likeness (QED) is 0.806. The van der Waals surface area contributed by atoms with Crippen LogP contribution in [0.15, 0.2) is 24.4 Å². The molecule has 1 heterocycles. The maximum Gasteiger partial charge on any atom is 0.0419 e. The lowest BCUT2D eigenvalue weighted by Gasteiger charge is -2.25. The Morgan fingerprint density at radius 1 is 1.24 bits per heavy atom. The summed E-state index contributed by atoms with van der Waals surface area (Å²) in [4.78, 5) is 4.44. The van der Waals surface area contributed by atoms with E-state index in [0.717, 1.165) is 12.3 Å². The molecule has 1 aromatic heterocycles. The van der Waals surface area contributed by atoms with Crippen molar-refractivity contribution in [3.8, 4) is 0 Å². The first kappa shape index (κ1) is 12.6. The number of rotatable bonds is 4. The highest BCUT2D eigenvalue weighted by atomic mass is 14.9. The Hall–Kier alpha value is -0.890. The van der Waals surface area contributed by atoms with E-state index in [1.165, 1.54) is 44.2 Å². The number of aromatic nitrogens is 1. The second-order valence-electron chi connectivity index (χ2n) is 5.17. The van der Waals surface area contributed by atoms with Crippen molar-refractivity contribution < 1.29 is 0 Å². The van der Waals surface area contributed by atoms with Gasteiger partial charge in [-0.05, 0) is 37.9 Å². The van der Waals surface area contributed by atoms with Crippen LogP contribution in [0.5, 0.6) is 0 Å². The number of nitrogens with one attached hydrogen (secondary N) is 1. The fraction of sp³-hybridized carbons (Fsp3) is 0.667. The summed E-state index contributed by atoms with van der Waals surface area (Å²) < 4.78 is 0. The molecule has 0 aliphatic heterocycles. The number of likely N-dealkylation sites (N-methyl/N-ethyl adjacent to an activating group) is 1. The van der Waals surface area contributed by atoms with Crippen LogP contribution in [-0.4, -0.2) is 18.1 Å². The molecule has 0 amide bonds. The van der Waals surface area contributed by atoms with Gasteiger partial charge < -0.3 is 5.32 Å². The highest BCUT2D eigenvalue weighted by Crippen LogP contribution is 2.26. The van der Waals surface area contributed by atoms with Gasteiger partial charge in [0.1, 0.15) is 0 Å². The minimum Gasteiger partial charge on any atom is -0.316 e. The van der Waals surface area contributed by atoms with Gasteiger partial charge in [-0.1, -0.05) is 31.7 Å². The van der Waals surface area contributed by atoms with Crippen LogP contribution >= 0.6 is 0 Å². The second-order valence-corrected chi connectivity index (χ2v) is 5.17. The second kappa shape index (κ2) is 6.75. The monoisotopic (exact) mass is 232 g/mol. The van der Waals surface area contributed by atoms with Crippen LogP contribution in [0.4, 0.5) is 0 Å². The number of hydrogen-bond donors (Lipinski definition) is 1. The lowest BCUT2D eigenvalue weighted by atomic mass is 9.89. The SMILES string of the molecule is CNC(Cc1ccccn1)C1CCCCCC1. The first-order valence-electron chi connectivity index (χ1n) is 6.97. The summed E-state index contributed by atoms with van der Waals surface area (Å²) in [5, 5.41) is 3.51. The van der Waals surface area contributed by atoms with Gasteiger partial charge in [-0.15, -0.1) is 0 Å². The Labute approximate surface area is 105 Å². The molecule has 1 aromatic rings. The van der Waals surface area contributed by atoms with Gasteiger partial charge in [0.05, 0.1) is 0 Å². The molecule has 17 heavy (non-hydrogen) atoms. The van der Waals surface area contributed by atoms with Crippen LogP contribution < -0.4 is 5.32 Å². The molecule has 0 radical (unpaired) electrons. The van der Waals surface area contributed by atoms with E-state index >= 15 is 0 Å². The molecule has 0 spiro atoms. The summed E-state index contributed by atoms with van der Waals surface area (Å²) in [5.41, 5.74) is 1.22. The van der Waals surface area contributed by atoms with E-state index in [-0.39, 0.29) is 0 Å². The van der Waals surface area contributed by atoms with Crippen molar-refractivity contribution in [1.82, 2.24) is 10.3 Å². The molecule has 1 aliphatic rings. The molecule has 94 valence electrons. The van der Waals surface area contributed by atoms with Crippen LogP contribution in [0.25, 0.3) is 0 Å². The molecule has 0 aromatic carbocycles. The predicted octanol–water partition coefficient (Wildman–Crippen LogP) is 3.18. The zero-order valence-electron chi connectivity index (χ0n) is 10.9. The summed E-state index contributed by atoms with van der Waals surface area (Å²) in [5.74, 6) is 0.838. The third-order valence-corrected chi connectivity index (χ3v) is 3.99. The van der Waals surface area contributed by atoms with Gasteiger partial charge in [-0.25, -0.2) is 0 Å². The zero-order valence-corrected chi connectivity index (χ0v) is 10.9. The highest BCUT2D eigenvalue weighted by Gasteiger charge is 2.21. The van der Waals surface area contributed by atoms with Gasteiger partial charge >= 0.3 is 0 Å². The molecule has 1 N–H and O–H groups in total. The fourth-order valence-corrected chi connectivity index (χ4v) is 2.96. The first-order chi connectivity index (χ1) is 8.40. The lowest BCUT2D eigenvalue weighted by molar-refractivity contribution is 0.331. The van der Waals surface area contributed by atoms with E-state index in [4.69, 9.17) is 0 Å². The topological polar surface area (TPSA) is 24.9 Å². The van der Waals surface area contributed by atoms with Gasteiger partial charge in [0, 0.05) is 24.4 Å². The first-order valence-corrected chi connectivity index (χ1v) is 6.97. The minimum absolute atomic E-state index is 0.600. The molecule has 0 saturated heterocycles. The Morgan fingerprint density at radius 2 is 2.00 bits per heavy atom. The molecular formula is C15H24N2. The number of pyridine rings is 1. The van der Waals surface area contributed by atoms with Crippen LogP contribution in [0, 0.1) is 5.92 Å². The van der Waals surface area contributed by atoms with Crippen molar-refractivity contribution >= 4 is 0 Å². The van der Waals surface area contributed by atoms with Crippen molar-refractivity contribution in [1.29, 1.82) is 0 Å². The average molecular weight is 232 g/mol. The number of hydrogen-bond acceptors (Lipinski definition) is 2. The van der Waals surface area contributed by atoms with Crippen molar-refractivity contribution in [2.45, 2.75) is 51.0 Å². The van der Waals surface area contributed by atoms with Crippen molar-refractivity contribution in [2.75, 3.05) is 7.05 Å². The third kappa shape index (κ3) is 3.81. The van der Waals surface area contributed by atoms with E-state index in [2.05, 4.69) is 29.5 Å². The molecule has 1 fully saturated rings. The summed E-state index contributed by atoms with van der Waals surface area (Å²) in [6.45, 7) is 0. The summed E-state index contributed by atoms with van der Waals surface area (Å²) >= 11 is 0. The van der Waals surface area contributed by atoms with E-state index < -0.39 is 0 Å². The Bertz CT molecular complexity index is 302. The summed E-state index contributed by atoms with van der Waals surface area (Å²) in [7, 11) is 2.10. The Morgan fingerprint density at radius 3 is 2.59 bits per heavy atom. The van der Waals surface area contributed by atoms with Gasteiger partial charge in [0.2, 0.25) is 0 Å². The normalized spacial score (nSPS) is 19.8. The molecule has 1 saturated carbocycles. The van der Waals surface area contributed by atoms with Crippen molar-refractivity contribution in [2.24, 2.45) is 5.92 Å². The lowest BCUT2D eigenvalue weighted by Crippen LogP contribution is -2.35. The van der Waals surface area contributed by atoms with E-state index in [0.29, 0.717) is 6.04 Å². The van der Waals surface area contributed by atoms with Gasteiger partial charge in [-0.3, -0.25) is 4.98 Å². The molecule has 1 unspecified atom stereocenters. The molecule has 2 nitrogen and oxygen atoms in total. The highest BCUT2D eigenvalue weighted by molar-refractivity contribution is 5.05. The van der Waals surface area contributed by atoms with Gasteiger partial charge in [0.25, 0.3) is 0 Å². The van der Waals surface area contributed by atoms with Crippen molar-refractivity contribution in [3.63, 3.8) is 0 Å².